The maximum absolute atomic E-state index is 10.6. The molecular formula is C2H4FP. The predicted octanol–water partition coefficient (Wildman–Crippen LogP) is 1.37. The molecule has 0 aromatic carbocycles. The minimum atomic E-state index is -0.316. The second-order valence-corrected chi connectivity index (χ2v) is 0.860. The number of rotatable bonds is 1. The van der Waals surface area contributed by atoms with E-state index < -0.39 is 0 Å². The van der Waals surface area contributed by atoms with Crippen molar-refractivity contribution in [2.24, 2.45) is 0 Å². The largest absolute Gasteiger partial charge is 0.251 e. The van der Waals surface area contributed by atoms with Gasteiger partial charge in [-0.25, -0.2) is 0 Å². The summed E-state index contributed by atoms with van der Waals surface area (Å²) >= 11 is 0. The van der Waals surface area contributed by atoms with Crippen LogP contribution in [0.3, 0.4) is 0 Å². The van der Waals surface area contributed by atoms with Crippen molar-refractivity contribution in [3.8, 4) is 0 Å². The Kier molecular flexibility index (Phi) is 3.66. The van der Waals surface area contributed by atoms with E-state index in [9.17, 15) is 4.39 Å². The molecule has 0 aromatic heterocycles. The van der Waals surface area contributed by atoms with Gasteiger partial charge in [-0.2, -0.15) is 0 Å². The standard InChI is InChI=1S/C2H4FP/c3-1-2-4/h1-2H2. The summed E-state index contributed by atoms with van der Waals surface area (Å²) in [6.07, 6.45) is 0.347. The molecule has 0 bridgehead atoms. The minimum absolute atomic E-state index is 0.316. The van der Waals surface area contributed by atoms with E-state index in [2.05, 4.69) is 9.24 Å². The van der Waals surface area contributed by atoms with Gasteiger partial charge in [-0.1, -0.05) is 0 Å². The summed E-state index contributed by atoms with van der Waals surface area (Å²) in [5.41, 5.74) is 0. The van der Waals surface area contributed by atoms with E-state index in [-0.39, 0.29) is 6.67 Å². The average molecular weight is 78.0 g/mol. The van der Waals surface area contributed by atoms with E-state index in [0.717, 1.165) is 0 Å². The summed E-state index contributed by atoms with van der Waals surface area (Å²) in [6, 6.07) is 0. The van der Waals surface area contributed by atoms with E-state index in [0.29, 0.717) is 6.16 Å². The Morgan fingerprint density at radius 1 is 1.75 bits per heavy atom. The molecule has 0 N–H and O–H groups in total. The van der Waals surface area contributed by atoms with Crippen LogP contribution in [-0.4, -0.2) is 12.8 Å². The summed E-state index contributed by atoms with van der Waals surface area (Å²) in [5, 5.41) is 0. The first kappa shape index (κ1) is 4.36. The predicted molar refractivity (Wildman–Crippen MR) is 17.8 cm³/mol. The number of hydrogen-bond donors (Lipinski definition) is 0. The minimum Gasteiger partial charge on any atom is -0.251 e. The Balaban J connectivity index is 1.97. The quantitative estimate of drug-likeness (QED) is 0.415. The van der Waals surface area contributed by atoms with Gasteiger partial charge >= 0.3 is 0 Å². The molecule has 0 saturated carbocycles. The van der Waals surface area contributed by atoms with Crippen molar-refractivity contribution < 1.29 is 4.39 Å². The smallest absolute Gasteiger partial charge is 0.0940 e. The monoisotopic (exact) mass is 78.0 g/mol. The fourth-order valence-corrected chi connectivity index (χ4v) is 0. The number of hydrogen-bond acceptors (Lipinski definition) is 0. The highest BCUT2D eigenvalue weighted by Crippen LogP contribution is 1.75. The molecule has 0 atom stereocenters. The Bertz CT molecular complexity index is 8.00. The van der Waals surface area contributed by atoms with E-state index in [1.807, 2.05) is 0 Å². The highest BCUT2D eigenvalue weighted by atomic mass is 31.0. The summed E-state index contributed by atoms with van der Waals surface area (Å²) in [5.74, 6) is 0. The molecular weight excluding hydrogens is 74.0 g/mol. The fraction of sp³-hybridized carbons (Fsp3) is 1.00. The zero-order valence-corrected chi connectivity index (χ0v) is 3.13. The van der Waals surface area contributed by atoms with Crippen molar-refractivity contribution in [2.75, 3.05) is 12.8 Å². The van der Waals surface area contributed by atoms with Crippen molar-refractivity contribution in [3.05, 3.63) is 0 Å². The second kappa shape index (κ2) is 3.36. The van der Waals surface area contributed by atoms with Crippen LogP contribution in [0.2, 0.25) is 0 Å². The average Bonchev–Trinajstić information content (AvgIpc) is 1.37. The first-order chi connectivity index (χ1) is 1.91. The lowest BCUT2D eigenvalue weighted by Gasteiger charge is -1.63. The molecule has 24 valence electrons. The Labute approximate surface area is 27.6 Å². The van der Waals surface area contributed by atoms with Gasteiger partial charge in [0, 0.05) is 6.16 Å². The van der Waals surface area contributed by atoms with E-state index in [4.69, 9.17) is 0 Å². The summed E-state index contributed by atoms with van der Waals surface area (Å²) in [4.78, 5) is 0. The van der Waals surface area contributed by atoms with Crippen molar-refractivity contribution in [2.45, 2.75) is 0 Å². The molecule has 0 aliphatic carbocycles. The van der Waals surface area contributed by atoms with E-state index >= 15 is 0 Å². The molecule has 2 radical (unpaired) electrons. The lowest BCUT2D eigenvalue weighted by molar-refractivity contribution is 0.532. The molecule has 0 fully saturated rings. The second-order valence-electron chi connectivity index (χ2n) is 0.413. The van der Waals surface area contributed by atoms with Gasteiger partial charge in [0.25, 0.3) is 0 Å². The molecule has 0 aromatic rings. The topological polar surface area (TPSA) is 0 Å². The maximum atomic E-state index is 10.6. The highest BCUT2D eigenvalue weighted by Gasteiger charge is 1.62. The van der Waals surface area contributed by atoms with Crippen molar-refractivity contribution >= 4 is 9.24 Å². The third-order valence-corrected chi connectivity index (χ3v) is 0.254. The lowest BCUT2D eigenvalue weighted by atomic mass is 10.9. The first-order valence-electron chi connectivity index (χ1n) is 1.08. The van der Waals surface area contributed by atoms with Crippen LogP contribution in [0.15, 0.2) is 0 Å². The molecule has 0 amide bonds. The molecule has 0 spiro atoms. The Morgan fingerprint density at radius 2 is 2.00 bits per heavy atom. The van der Waals surface area contributed by atoms with Gasteiger partial charge in [0.2, 0.25) is 0 Å². The normalized spacial score (nSPS) is 7.50. The molecule has 4 heavy (non-hydrogen) atoms. The third kappa shape index (κ3) is 2.36. The Morgan fingerprint density at radius 3 is 2.00 bits per heavy atom. The fourth-order valence-electron chi connectivity index (χ4n) is 0. The van der Waals surface area contributed by atoms with Crippen LogP contribution in [0, 0.1) is 0 Å². The molecule has 0 aliphatic heterocycles. The highest BCUT2D eigenvalue weighted by molar-refractivity contribution is 7.16. The number of halogens is 1. The van der Waals surface area contributed by atoms with Crippen molar-refractivity contribution in [1.82, 2.24) is 0 Å². The zero-order chi connectivity index (χ0) is 3.41. The van der Waals surface area contributed by atoms with Crippen LogP contribution in [0.1, 0.15) is 0 Å². The SMILES string of the molecule is FCC[P]. The first-order valence-corrected chi connectivity index (χ1v) is 1.72. The van der Waals surface area contributed by atoms with Crippen LogP contribution in [0.25, 0.3) is 0 Å². The lowest BCUT2D eigenvalue weighted by Crippen LogP contribution is -1.65. The van der Waals surface area contributed by atoms with Gasteiger partial charge in [0.05, 0.1) is 6.67 Å². The zero-order valence-electron chi connectivity index (χ0n) is 2.24. The van der Waals surface area contributed by atoms with E-state index in [1.165, 1.54) is 0 Å². The summed E-state index contributed by atoms with van der Waals surface area (Å²) < 4.78 is 10.6. The Hall–Kier alpha value is 0.360. The van der Waals surface area contributed by atoms with Crippen molar-refractivity contribution in [3.63, 3.8) is 0 Å². The van der Waals surface area contributed by atoms with Crippen LogP contribution in [-0.2, 0) is 0 Å². The van der Waals surface area contributed by atoms with Gasteiger partial charge in [0.15, 0.2) is 0 Å². The van der Waals surface area contributed by atoms with Gasteiger partial charge in [-0.3, -0.25) is 4.39 Å². The molecule has 2 heteroatoms. The van der Waals surface area contributed by atoms with Crippen LogP contribution >= 0.6 is 9.24 Å². The van der Waals surface area contributed by atoms with Crippen molar-refractivity contribution in [1.29, 1.82) is 0 Å². The van der Waals surface area contributed by atoms with Crippen LogP contribution in [0.5, 0.6) is 0 Å². The van der Waals surface area contributed by atoms with Gasteiger partial charge < -0.3 is 0 Å². The maximum Gasteiger partial charge on any atom is 0.0940 e. The van der Waals surface area contributed by atoms with Gasteiger partial charge in [-0.05, 0) is 9.24 Å². The van der Waals surface area contributed by atoms with Crippen LogP contribution in [0.4, 0.5) is 4.39 Å². The van der Waals surface area contributed by atoms with Crippen LogP contribution < -0.4 is 0 Å². The molecule has 0 saturated heterocycles. The number of alkyl halides is 1. The molecule has 0 heterocycles. The molecule has 0 nitrogen and oxygen atoms in total. The molecule has 0 rings (SSSR count). The van der Waals surface area contributed by atoms with E-state index in [1.54, 1.807) is 0 Å². The third-order valence-electron chi connectivity index (χ3n) is 0.0845. The summed E-state index contributed by atoms with van der Waals surface area (Å²) in [6.45, 7) is -0.316. The molecule has 0 aliphatic rings. The van der Waals surface area contributed by atoms with Gasteiger partial charge in [-0.15, -0.1) is 0 Å². The molecule has 0 unspecified atom stereocenters. The summed E-state index contributed by atoms with van der Waals surface area (Å²) in [7, 11) is 3.55. The van der Waals surface area contributed by atoms with Gasteiger partial charge in [0.1, 0.15) is 0 Å².